The van der Waals surface area contributed by atoms with Gasteiger partial charge in [0.25, 0.3) is 0 Å². The number of allylic oxidation sites excluding steroid dienone is 4. The fourth-order valence-electron chi connectivity index (χ4n) is 6.99. The van der Waals surface area contributed by atoms with Gasteiger partial charge in [0.05, 0.1) is 22.4 Å². The van der Waals surface area contributed by atoms with Gasteiger partial charge in [-0.05, 0) is 66.1 Å². The van der Waals surface area contributed by atoms with Crippen LogP contribution in [0, 0.1) is 6.92 Å². The number of aromatic nitrogens is 2. The Morgan fingerprint density at radius 1 is 0.545 bits per heavy atom. The number of hydrogen-bond donors (Lipinski definition) is 0. The number of hydrogen-bond acceptors (Lipinski definition) is 0. The van der Waals surface area contributed by atoms with Gasteiger partial charge in [-0.2, -0.15) is 0 Å². The lowest BCUT2D eigenvalue weighted by atomic mass is 9.84. The molecule has 1 aliphatic carbocycles. The van der Waals surface area contributed by atoms with Crippen molar-refractivity contribution in [1.29, 1.82) is 0 Å². The number of fused-ring (bicyclic) bond motifs is 9. The summed E-state index contributed by atoms with van der Waals surface area (Å²) in [5, 5.41) is 2.36. The summed E-state index contributed by atoms with van der Waals surface area (Å²) >= 11 is 3.77. The van der Waals surface area contributed by atoms with Gasteiger partial charge in [-0.1, -0.05) is 120 Å². The van der Waals surface area contributed by atoms with E-state index < -0.39 is 0 Å². The molecule has 0 spiro atoms. The van der Waals surface area contributed by atoms with E-state index in [4.69, 9.17) is 0 Å². The summed E-state index contributed by atoms with van der Waals surface area (Å²) in [6.07, 6.45) is 4.04. The van der Waals surface area contributed by atoms with Gasteiger partial charge in [0.15, 0.2) is 0 Å². The van der Waals surface area contributed by atoms with Crippen LogP contribution in [0.25, 0.3) is 66.8 Å². The van der Waals surface area contributed by atoms with Gasteiger partial charge in [-0.25, -0.2) is 0 Å². The minimum Gasteiger partial charge on any atom is -0.309 e. The Morgan fingerprint density at radius 3 is 1.50 bits per heavy atom. The Balaban J connectivity index is 1.67. The Hall–Kier alpha value is -5.12. The maximum absolute atomic E-state index is 4.42. The number of aryl methyl sites for hydroxylation is 1. The van der Waals surface area contributed by atoms with Crippen molar-refractivity contribution in [2.24, 2.45) is 0 Å². The third-order valence-corrected chi connectivity index (χ3v) is 9.25. The van der Waals surface area contributed by atoms with Gasteiger partial charge in [0.1, 0.15) is 0 Å². The summed E-state index contributed by atoms with van der Waals surface area (Å²) < 4.78 is 5.87. The second-order valence-corrected chi connectivity index (χ2v) is 12.2. The van der Waals surface area contributed by atoms with Gasteiger partial charge in [-0.15, -0.1) is 0 Å². The molecule has 0 amide bonds. The zero-order valence-corrected chi connectivity index (χ0v) is 26.0. The zero-order chi connectivity index (χ0) is 29.9. The molecule has 2 nitrogen and oxygen atoms in total. The van der Waals surface area contributed by atoms with Gasteiger partial charge >= 0.3 is 0 Å². The first-order valence-electron chi connectivity index (χ1n) is 14.8. The number of nitrogens with zero attached hydrogens (tertiary/aromatic N) is 2. The van der Waals surface area contributed by atoms with Gasteiger partial charge in [0, 0.05) is 48.9 Å². The van der Waals surface area contributed by atoms with E-state index in [9.17, 15) is 0 Å². The quantitative estimate of drug-likeness (QED) is 0.183. The monoisotopic (exact) mass is 628 g/mol. The lowest BCUT2D eigenvalue weighted by Crippen LogP contribution is -2.05. The number of rotatable bonds is 4. The van der Waals surface area contributed by atoms with E-state index >= 15 is 0 Å². The second-order valence-electron chi connectivity index (χ2n) is 11.3. The first-order chi connectivity index (χ1) is 21.6. The molecule has 210 valence electrons. The largest absolute Gasteiger partial charge is 0.309 e. The van der Waals surface area contributed by atoms with Crippen molar-refractivity contribution in [2.45, 2.75) is 6.92 Å². The fraction of sp³-hybridized carbons (Fsp3) is 0.0244. The van der Waals surface area contributed by atoms with E-state index in [1.807, 2.05) is 12.2 Å². The zero-order valence-electron chi connectivity index (χ0n) is 24.4. The fourth-order valence-corrected chi connectivity index (χ4v) is 7.34. The van der Waals surface area contributed by atoms with Crippen molar-refractivity contribution in [3.63, 3.8) is 0 Å². The average Bonchev–Trinajstić information content (AvgIpc) is 3.55. The predicted octanol–water partition coefficient (Wildman–Crippen LogP) is 11.6. The van der Waals surface area contributed by atoms with Gasteiger partial charge < -0.3 is 9.13 Å². The van der Waals surface area contributed by atoms with Crippen LogP contribution in [0.4, 0.5) is 0 Å². The van der Waals surface area contributed by atoms with E-state index in [1.165, 1.54) is 38.5 Å². The van der Waals surface area contributed by atoms with Crippen molar-refractivity contribution in [2.75, 3.05) is 0 Å². The highest BCUT2D eigenvalue weighted by Crippen LogP contribution is 2.52. The molecule has 0 aliphatic heterocycles. The van der Waals surface area contributed by atoms with E-state index in [1.54, 1.807) is 0 Å². The van der Waals surface area contributed by atoms with E-state index in [-0.39, 0.29) is 0 Å². The summed E-state index contributed by atoms with van der Waals surface area (Å²) in [5.41, 5.74) is 14.8. The first kappa shape index (κ1) is 26.5. The maximum Gasteiger partial charge on any atom is 0.0626 e. The highest BCUT2D eigenvalue weighted by atomic mass is 79.9. The number of benzene rings is 5. The van der Waals surface area contributed by atoms with Crippen LogP contribution < -0.4 is 0 Å². The standard InChI is InChI=1S/C41H29BrN2/c1-4-30-31(5-2)39-35-23-21-27(42)25-37(35)44(29-16-10-7-11-17-29)41(39)33-19-13-12-18-32(33)40-38(30)34-22-20-26(3)24-36(34)43(40)28-14-8-6-9-15-28/h4-25H,1-2H2,3H3/b31-30-,38-30?,39-31?,40-32?,41-33?. The van der Waals surface area contributed by atoms with Crippen molar-refractivity contribution in [3.05, 3.63) is 168 Å². The van der Waals surface area contributed by atoms with Crippen LogP contribution in [-0.4, -0.2) is 9.13 Å². The maximum atomic E-state index is 4.42. The summed E-state index contributed by atoms with van der Waals surface area (Å²) in [4.78, 5) is 0. The molecule has 0 unspecified atom stereocenters. The molecule has 0 fully saturated rings. The normalized spacial score (nSPS) is 14.0. The first-order valence-corrected chi connectivity index (χ1v) is 15.6. The van der Waals surface area contributed by atoms with Crippen molar-refractivity contribution in [1.82, 2.24) is 9.13 Å². The highest BCUT2D eigenvalue weighted by Gasteiger charge is 2.32. The molecule has 0 saturated carbocycles. The van der Waals surface area contributed by atoms with Crippen LogP contribution in [0.2, 0.25) is 0 Å². The van der Waals surface area contributed by atoms with E-state index in [0.29, 0.717) is 0 Å². The summed E-state index contributed by atoms with van der Waals surface area (Å²) in [5.74, 6) is 0. The molecule has 2 aromatic heterocycles. The Morgan fingerprint density at radius 2 is 1.00 bits per heavy atom. The van der Waals surface area contributed by atoms with Crippen LogP contribution in [0.5, 0.6) is 0 Å². The molecule has 0 atom stereocenters. The lowest BCUT2D eigenvalue weighted by molar-refractivity contribution is 1.11. The minimum atomic E-state index is 1.04. The van der Waals surface area contributed by atoms with Gasteiger partial charge in [-0.3, -0.25) is 0 Å². The van der Waals surface area contributed by atoms with E-state index in [0.717, 1.165) is 49.5 Å². The van der Waals surface area contributed by atoms with Crippen LogP contribution in [0.3, 0.4) is 0 Å². The molecular formula is C41H29BrN2. The molecule has 2 heterocycles. The third kappa shape index (κ3) is 3.79. The lowest BCUT2D eigenvalue weighted by Gasteiger charge is -2.23. The van der Waals surface area contributed by atoms with Crippen LogP contribution >= 0.6 is 15.9 Å². The smallest absolute Gasteiger partial charge is 0.0626 e. The molecule has 5 aromatic carbocycles. The van der Waals surface area contributed by atoms with Crippen LogP contribution in [-0.2, 0) is 0 Å². The average molecular weight is 630 g/mol. The summed E-state index contributed by atoms with van der Waals surface area (Å²) in [6.45, 7) is 11.0. The molecule has 0 N–H and O–H groups in total. The van der Waals surface area contributed by atoms with E-state index in [2.05, 4.69) is 166 Å². The molecule has 8 rings (SSSR count). The predicted molar refractivity (Wildman–Crippen MR) is 191 cm³/mol. The highest BCUT2D eigenvalue weighted by molar-refractivity contribution is 9.10. The molecule has 7 aromatic rings. The molecule has 3 heteroatoms. The van der Waals surface area contributed by atoms with Crippen LogP contribution in [0.1, 0.15) is 16.7 Å². The summed E-state index contributed by atoms with van der Waals surface area (Å²) in [7, 11) is 0. The SMILES string of the molecule is C=C/C1=C(\C=C)c2c(n(-c3ccccc3)c3cc(Br)ccc23)-c2ccccc2-c2c1c1ccc(C)cc1n2-c1ccccc1. The molecular weight excluding hydrogens is 600 g/mol. The Kier molecular flexibility index (Phi) is 6.18. The van der Waals surface area contributed by atoms with Crippen molar-refractivity contribution >= 4 is 48.9 Å². The van der Waals surface area contributed by atoms with Crippen molar-refractivity contribution < 1.29 is 0 Å². The second kappa shape index (κ2) is 10.3. The summed E-state index contributed by atoms with van der Waals surface area (Å²) in [6, 6.07) is 43.5. The molecule has 1 aliphatic rings. The Labute approximate surface area is 265 Å². The third-order valence-electron chi connectivity index (χ3n) is 8.76. The molecule has 0 radical (unpaired) electrons. The molecule has 0 saturated heterocycles. The minimum absolute atomic E-state index is 1.04. The number of halogens is 1. The van der Waals surface area contributed by atoms with Crippen LogP contribution in [0.15, 0.2) is 151 Å². The molecule has 0 bridgehead atoms. The van der Waals surface area contributed by atoms with Gasteiger partial charge in [0.2, 0.25) is 0 Å². The Bertz CT molecular complexity index is 2150. The molecule has 44 heavy (non-hydrogen) atoms. The van der Waals surface area contributed by atoms with Crippen molar-refractivity contribution in [3.8, 4) is 33.9 Å². The number of para-hydroxylation sites is 2. The topological polar surface area (TPSA) is 9.86 Å².